The van der Waals surface area contributed by atoms with Crippen molar-refractivity contribution in [3.63, 3.8) is 0 Å². The van der Waals surface area contributed by atoms with Gasteiger partial charge in [0.15, 0.2) is 25.7 Å². The molecule has 0 aromatic heterocycles. The van der Waals surface area contributed by atoms with Crippen LogP contribution < -0.4 is 0 Å². The Balaban J connectivity index is 3.89. The van der Waals surface area contributed by atoms with Crippen LogP contribution in [0.1, 0.15) is 0 Å². The predicted molar refractivity (Wildman–Crippen MR) is 66.8 cm³/mol. The zero-order valence-electron chi connectivity index (χ0n) is 9.85. The van der Waals surface area contributed by atoms with Crippen LogP contribution in [0.2, 0.25) is 51.4 Å². The zero-order chi connectivity index (χ0) is 10.7. The summed E-state index contributed by atoms with van der Waals surface area (Å²) in [6, 6.07) is 2.11. The van der Waals surface area contributed by atoms with Gasteiger partial charge in [0.1, 0.15) is 0 Å². The van der Waals surface area contributed by atoms with E-state index < -0.39 is 25.7 Å². The number of hydrogen-bond donors (Lipinski definition) is 1. The van der Waals surface area contributed by atoms with Gasteiger partial charge in [0.05, 0.1) is 0 Å². The van der Waals surface area contributed by atoms with Crippen molar-refractivity contribution in [2.45, 2.75) is 51.4 Å². The van der Waals surface area contributed by atoms with E-state index in [0.29, 0.717) is 0 Å². The average molecular weight is 237 g/mol. The summed E-state index contributed by atoms with van der Waals surface area (Å²) in [7, 11) is -4.17. The molecule has 1 N–H and O–H groups in total. The highest BCUT2D eigenvalue weighted by Gasteiger charge is 2.27. The van der Waals surface area contributed by atoms with E-state index in [4.69, 9.17) is 4.12 Å². The van der Waals surface area contributed by atoms with Crippen molar-refractivity contribution in [1.29, 1.82) is 0 Å². The number of rotatable bonds is 5. The fraction of sp³-hybridized carbons (Fsp3) is 1.00. The summed E-state index contributed by atoms with van der Waals surface area (Å²) in [5.74, 6) is 0. The standard InChI is InChI=1S/C8H24O2Si3/c1-11(2)10-13(5,6)8-7-12(3,4)9/h9,11H,7-8H2,1-6H3. The second-order valence-corrected chi connectivity index (χ2v) is 16.4. The minimum atomic E-state index is -1.85. The van der Waals surface area contributed by atoms with Gasteiger partial charge in [0, 0.05) is 0 Å². The van der Waals surface area contributed by atoms with Crippen molar-refractivity contribution < 1.29 is 8.91 Å². The van der Waals surface area contributed by atoms with Gasteiger partial charge in [0.25, 0.3) is 0 Å². The van der Waals surface area contributed by atoms with Crippen LogP contribution in [0.25, 0.3) is 0 Å². The van der Waals surface area contributed by atoms with Gasteiger partial charge < -0.3 is 8.91 Å². The second kappa shape index (κ2) is 4.88. The molecule has 5 heteroatoms. The summed E-state index contributed by atoms with van der Waals surface area (Å²) in [5, 5.41) is 0. The lowest BCUT2D eigenvalue weighted by Gasteiger charge is -2.27. The first-order valence-corrected chi connectivity index (χ1v) is 14.1. The van der Waals surface area contributed by atoms with Crippen molar-refractivity contribution in [2.75, 3.05) is 0 Å². The van der Waals surface area contributed by atoms with Gasteiger partial charge in [-0.3, -0.25) is 0 Å². The SMILES string of the molecule is C[SiH](C)O[Si](C)(C)CC[Si](C)(C)O. The summed E-state index contributed by atoms with van der Waals surface area (Å²) in [4.78, 5) is 9.73. The van der Waals surface area contributed by atoms with Crippen LogP contribution in [-0.2, 0) is 4.12 Å². The van der Waals surface area contributed by atoms with Crippen molar-refractivity contribution >= 4 is 25.7 Å². The normalized spacial score (nSPS) is 13.8. The third kappa shape index (κ3) is 8.89. The predicted octanol–water partition coefficient (Wildman–Crippen LogP) is 2.39. The van der Waals surface area contributed by atoms with Gasteiger partial charge in [-0.2, -0.15) is 0 Å². The van der Waals surface area contributed by atoms with Crippen LogP contribution >= 0.6 is 0 Å². The molecule has 0 unspecified atom stereocenters. The molecule has 80 valence electrons. The molecule has 0 spiro atoms. The van der Waals surface area contributed by atoms with Crippen LogP contribution in [0.3, 0.4) is 0 Å². The maximum absolute atomic E-state index is 9.73. The molecule has 13 heavy (non-hydrogen) atoms. The minimum Gasteiger partial charge on any atom is -0.458 e. The van der Waals surface area contributed by atoms with E-state index in [9.17, 15) is 4.80 Å². The highest BCUT2D eigenvalue weighted by Crippen LogP contribution is 2.20. The average Bonchev–Trinajstić information content (AvgIpc) is 1.79. The summed E-state index contributed by atoms with van der Waals surface area (Å²) in [6.45, 7) is 13.0. The fourth-order valence-corrected chi connectivity index (χ4v) is 11.7. The van der Waals surface area contributed by atoms with E-state index in [1.54, 1.807) is 0 Å². The molecule has 0 saturated heterocycles. The van der Waals surface area contributed by atoms with E-state index in [1.165, 1.54) is 0 Å². The van der Waals surface area contributed by atoms with Crippen molar-refractivity contribution in [3.05, 3.63) is 0 Å². The maximum Gasteiger partial charge on any atom is 0.182 e. The van der Waals surface area contributed by atoms with Crippen LogP contribution in [0.4, 0.5) is 0 Å². The maximum atomic E-state index is 9.73. The summed E-state index contributed by atoms with van der Waals surface area (Å²) in [6.07, 6.45) is 0. The number of hydrogen-bond acceptors (Lipinski definition) is 2. The Kier molecular flexibility index (Phi) is 5.09. The molecule has 0 aliphatic carbocycles. The Morgan fingerprint density at radius 1 is 1.08 bits per heavy atom. The van der Waals surface area contributed by atoms with Crippen LogP contribution in [-0.4, -0.2) is 30.5 Å². The third-order valence-electron chi connectivity index (χ3n) is 1.89. The highest BCUT2D eigenvalue weighted by atomic mass is 28.4. The first-order valence-electron chi connectivity index (χ1n) is 5.03. The minimum absolute atomic E-state index is 0.886. The monoisotopic (exact) mass is 236 g/mol. The van der Waals surface area contributed by atoms with Crippen LogP contribution in [0.5, 0.6) is 0 Å². The lowest BCUT2D eigenvalue weighted by molar-refractivity contribution is 0.541. The summed E-state index contributed by atoms with van der Waals surface area (Å²) >= 11 is 0. The molecule has 0 saturated carbocycles. The summed E-state index contributed by atoms with van der Waals surface area (Å²) < 4.78 is 6.02. The van der Waals surface area contributed by atoms with Crippen LogP contribution in [0, 0.1) is 0 Å². The molecular formula is C8H24O2Si3. The van der Waals surface area contributed by atoms with E-state index in [1.807, 2.05) is 13.1 Å². The molecule has 0 aromatic carbocycles. The molecule has 0 heterocycles. The molecule has 0 bridgehead atoms. The Labute approximate surface area is 86.3 Å². The smallest absolute Gasteiger partial charge is 0.182 e. The Morgan fingerprint density at radius 2 is 1.54 bits per heavy atom. The van der Waals surface area contributed by atoms with Gasteiger partial charge in [-0.1, -0.05) is 0 Å². The highest BCUT2D eigenvalue weighted by molar-refractivity contribution is 6.80. The van der Waals surface area contributed by atoms with Crippen LogP contribution in [0.15, 0.2) is 0 Å². The lowest BCUT2D eigenvalue weighted by Crippen LogP contribution is -2.38. The molecule has 2 nitrogen and oxygen atoms in total. The largest absolute Gasteiger partial charge is 0.458 e. The van der Waals surface area contributed by atoms with Crippen molar-refractivity contribution in [1.82, 2.24) is 0 Å². The van der Waals surface area contributed by atoms with E-state index in [2.05, 4.69) is 26.2 Å². The van der Waals surface area contributed by atoms with Gasteiger partial charge >= 0.3 is 0 Å². The van der Waals surface area contributed by atoms with E-state index in [-0.39, 0.29) is 0 Å². The van der Waals surface area contributed by atoms with Gasteiger partial charge in [-0.15, -0.1) is 0 Å². The van der Waals surface area contributed by atoms with Crippen molar-refractivity contribution in [2.24, 2.45) is 0 Å². The first kappa shape index (κ1) is 13.6. The molecule has 0 atom stereocenters. The first-order chi connectivity index (χ1) is 5.62. The van der Waals surface area contributed by atoms with Gasteiger partial charge in [0.2, 0.25) is 0 Å². The fourth-order valence-electron chi connectivity index (χ4n) is 1.30. The molecule has 0 aromatic rings. The quantitative estimate of drug-likeness (QED) is 0.743. The molecule has 0 amide bonds. The second-order valence-electron chi connectivity index (χ2n) is 5.24. The molecular weight excluding hydrogens is 212 g/mol. The topological polar surface area (TPSA) is 29.5 Å². The van der Waals surface area contributed by atoms with Gasteiger partial charge in [-0.25, -0.2) is 0 Å². The Bertz CT molecular complexity index is 152. The van der Waals surface area contributed by atoms with E-state index in [0.717, 1.165) is 12.1 Å². The Morgan fingerprint density at radius 3 is 1.85 bits per heavy atom. The Hall–Kier alpha value is 0.571. The third-order valence-corrected chi connectivity index (χ3v) is 9.76. The van der Waals surface area contributed by atoms with E-state index >= 15 is 0 Å². The molecule has 0 fully saturated rings. The van der Waals surface area contributed by atoms with Crippen molar-refractivity contribution in [3.8, 4) is 0 Å². The summed E-state index contributed by atoms with van der Waals surface area (Å²) in [5.41, 5.74) is 0. The zero-order valence-corrected chi connectivity index (χ0v) is 13.0. The molecule has 0 radical (unpaired) electrons. The molecule has 0 rings (SSSR count). The van der Waals surface area contributed by atoms with Gasteiger partial charge in [-0.05, 0) is 51.4 Å². The lowest BCUT2D eigenvalue weighted by atomic mass is 10.9. The molecule has 0 aliphatic rings. The molecule has 0 aliphatic heterocycles.